The van der Waals surface area contributed by atoms with Gasteiger partial charge in [0.25, 0.3) is 0 Å². The molecule has 0 radical (unpaired) electrons. The van der Waals surface area contributed by atoms with Gasteiger partial charge in [-0.05, 0) is 57.8 Å². The van der Waals surface area contributed by atoms with Crippen LogP contribution in [-0.4, -0.2) is 47.4 Å². The maximum absolute atomic E-state index is 12.6. The van der Waals surface area contributed by atoms with Crippen LogP contribution in [-0.2, 0) is 14.3 Å². The first-order valence-electron chi connectivity index (χ1n) is 37.1. The predicted molar refractivity (Wildman–Crippen MR) is 356 cm³/mol. The highest BCUT2D eigenvalue weighted by atomic mass is 16.5. The number of rotatable bonds is 70. The number of aliphatic hydroxyl groups is 2. The number of amides is 1. The second-order valence-corrected chi connectivity index (χ2v) is 25.6. The largest absolute Gasteiger partial charge is 0.466 e. The van der Waals surface area contributed by atoms with Crippen LogP contribution in [0, 0.1) is 0 Å². The molecule has 0 aliphatic carbocycles. The standard InChI is InChI=1S/C75H145NO5/c1-3-5-7-9-11-13-15-17-19-21-23-24-26-29-32-35-39-43-47-51-55-59-63-67-73(78)72(71-77)76-74(79)68-64-60-56-52-48-44-40-36-33-30-27-25-28-31-34-38-42-46-50-54-58-62-66-70-81-75(80)69-65-61-57-53-49-45-41-37-22-20-18-16-14-12-10-8-6-4-2/h25,28,30,33,72-73,77-78H,3-24,26-27,29,31-32,34-71H2,1-2H3,(H,76,79)/b28-25-,33-30-. The van der Waals surface area contributed by atoms with Crippen molar-refractivity contribution in [2.75, 3.05) is 13.2 Å². The molecule has 0 rings (SSSR count). The lowest BCUT2D eigenvalue weighted by Crippen LogP contribution is -2.45. The van der Waals surface area contributed by atoms with E-state index in [1.807, 2.05) is 0 Å². The first-order chi connectivity index (χ1) is 40.0. The molecule has 0 aliphatic heterocycles. The summed E-state index contributed by atoms with van der Waals surface area (Å²) in [5, 5.41) is 23.4. The lowest BCUT2D eigenvalue weighted by molar-refractivity contribution is -0.143. The summed E-state index contributed by atoms with van der Waals surface area (Å²) in [6.45, 7) is 4.99. The SMILES string of the molecule is CCCCCCCCCCCCCCCCCCCCCCCCCC(O)C(CO)NC(=O)CCCCCCCCC/C=C\C/C=C\CCCCCCCCCCCOC(=O)CCCCCCCCCCCCCCCCCCCC. The number of allylic oxidation sites excluding steroid dienone is 4. The summed E-state index contributed by atoms with van der Waals surface area (Å²) >= 11 is 0. The number of nitrogens with one attached hydrogen (secondary N) is 1. The van der Waals surface area contributed by atoms with Crippen LogP contribution in [0.15, 0.2) is 24.3 Å². The summed E-state index contributed by atoms with van der Waals surface area (Å²) in [7, 11) is 0. The minimum absolute atomic E-state index is 0.0126. The lowest BCUT2D eigenvalue weighted by atomic mass is 10.0. The van der Waals surface area contributed by atoms with Crippen LogP contribution >= 0.6 is 0 Å². The number of ether oxygens (including phenoxy) is 1. The third-order valence-corrected chi connectivity index (χ3v) is 17.5. The Balaban J connectivity index is 3.42. The average Bonchev–Trinajstić information content (AvgIpc) is 3.47. The van der Waals surface area contributed by atoms with E-state index < -0.39 is 12.1 Å². The lowest BCUT2D eigenvalue weighted by Gasteiger charge is -2.22. The van der Waals surface area contributed by atoms with Crippen LogP contribution < -0.4 is 5.32 Å². The molecular formula is C75H145NO5. The van der Waals surface area contributed by atoms with Gasteiger partial charge >= 0.3 is 5.97 Å². The molecule has 480 valence electrons. The Morgan fingerprint density at radius 3 is 0.938 bits per heavy atom. The maximum atomic E-state index is 12.6. The van der Waals surface area contributed by atoms with Crippen LogP contribution in [0.1, 0.15) is 418 Å². The molecule has 0 aromatic heterocycles. The van der Waals surface area contributed by atoms with Crippen LogP contribution in [0.4, 0.5) is 0 Å². The van der Waals surface area contributed by atoms with Crippen molar-refractivity contribution in [1.29, 1.82) is 0 Å². The first kappa shape index (κ1) is 79.3. The van der Waals surface area contributed by atoms with Gasteiger partial charge in [0, 0.05) is 12.8 Å². The third-order valence-electron chi connectivity index (χ3n) is 17.5. The molecule has 0 bridgehead atoms. The van der Waals surface area contributed by atoms with Gasteiger partial charge in [0.05, 0.1) is 25.4 Å². The van der Waals surface area contributed by atoms with Crippen molar-refractivity contribution in [3.8, 4) is 0 Å². The van der Waals surface area contributed by atoms with Gasteiger partial charge < -0.3 is 20.3 Å². The minimum Gasteiger partial charge on any atom is -0.466 e. The number of carbonyl (C=O) groups excluding carboxylic acids is 2. The molecule has 1 amide bonds. The fourth-order valence-corrected chi connectivity index (χ4v) is 11.9. The van der Waals surface area contributed by atoms with Crippen molar-refractivity contribution in [3.05, 3.63) is 24.3 Å². The molecule has 0 fully saturated rings. The highest BCUT2D eigenvalue weighted by Gasteiger charge is 2.20. The molecule has 6 heteroatoms. The number of carbonyl (C=O) groups is 2. The van der Waals surface area contributed by atoms with E-state index >= 15 is 0 Å². The molecule has 0 aromatic carbocycles. The van der Waals surface area contributed by atoms with Gasteiger partial charge in [-0.25, -0.2) is 0 Å². The van der Waals surface area contributed by atoms with Gasteiger partial charge in [-0.3, -0.25) is 9.59 Å². The van der Waals surface area contributed by atoms with E-state index in [2.05, 4.69) is 43.5 Å². The van der Waals surface area contributed by atoms with Crippen molar-refractivity contribution in [3.63, 3.8) is 0 Å². The van der Waals surface area contributed by atoms with E-state index in [0.29, 0.717) is 25.9 Å². The van der Waals surface area contributed by atoms with Crippen molar-refractivity contribution in [2.24, 2.45) is 0 Å². The van der Waals surface area contributed by atoms with Crippen LogP contribution in [0.3, 0.4) is 0 Å². The average molecular weight is 1140 g/mol. The zero-order valence-corrected chi connectivity index (χ0v) is 55.0. The smallest absolute Gasteiger partial charge is 0.305 e. The summed E-state index contributed by atoms with van der Waals surface area (Å²) in [5.74, 6) is -0.0280. The van der Waals surface area contributed by atoms with Crippen LogP contribution in [0.5, 0.6) is 0 Å². The highest BCUT2D eigenvalue weighted by molar-refractivity contribution is 5.76. The highest BCUT2D eigenvalue weighted by Crippen LogP contribution is 2.19. The van der Waals surface area contributed by atoms with Crippen molar-refractivity contribution < 1.29 is 24.5 Å². The molecule has 0 spiro atoms. The van der Waals surface area contributed by atoms with Crippen molar-refractivity contribution >= 4 is 11.9 Å². The van der Waals surface area contributed by atoms with Crippen LogP contribution in [0.25, 0.3) is 0 Å². The van der Waals surface area contributed by atoms with Gasteiger partial charge in [0.1, 0.15) is 0 Å². The monoisotopic (exact) mass is 1140 g/mol. The Labute approximate surface area is 507 Å². The minimum atomic E-state index is -0.672. The van der Waals surface area contributed by atoms with Gasteiger partial charge in [0.15, 0.2) is 0 Å². The molecule has 0 saturated heterocycles. The topological polar surface area (TPSA) is 95.9 Å². The Hall–Kier alpha value is -1.66. The summed E-state index contributed by atoms with van der Waals surface area (Å²) < 4.78 is 5.51. The summed E-state index contributed by atoms with van der Waals surface area (Å²) in [4.78, 5) is 24.7. The normalized spacial score (nSPS) is 12.6. The van der Waals surface area contributed by atoms with E-state index in [1.165, 1.54) is 340 Å². The van der Waals surface area contributed by atoms with Gasteiger partial charge in [0.2, 0.25) is 5.91 Å². The maximum Gasteiger partial charge on any atom is 0.305 e. The van der Waals surface area contributed by atoms with Gasteiger partial charge in [-0.2, -0.15) is 0 Å². The second-order valence-electron chi connectivity index (χ2n) is 25.6. The quantitative estimate of drug-likeness (QED) is 0.0320. The second kappa shape index (κ2) is 70.8. The molecule has 0 aliphatic rings. The van der Waals surface area contributed by atoms with E-state index in [9.17, 15) is 19.8 Å². The molecule has 2 unspecified atom stereocenters. The Morgan fingerprint density at radius 2 is 0.617 bits per heavy atom. The fraction of sp³-hybridized carbons (Fsp3) is 0.920. The number of esters is 1. The van der Waals surface area contributed by atoms with E-state index in [-0.39, 0.29) is 18.5 Å². The Kier molecular flexibility index (Phi) is 69.4. The summed E-state index contributed by atoms with van der Waals surface area (Å²) in [6.07, 6.45) is 89.5. The molecule has 0 saturated carbocycles. The van der Waals surface area contributed by atoms with Gasteiger partial charge in [-0.15, -0.1) is 0 Å². The van der Waals surface area contributed by atoms with Crippen molar-refractivity contribution in [2.45, 2.75) is 431 Å². The van der Waals surface area contributed by atoms with E-state index in [1.54, 1.807) is 0 Å². The molecule has 2 atom stereocenters. The summed E-state index contributed by atoms with van der Waals surface area (Å²) in [5.41, 5.74) is 0. The third kappa shape index (κ3) is 67.3. The first-order valence-corrected chi connectivity index (χ1v) is 37.1. The molecule has 0 aromatic rings. The number of hydrogen-bond donors (Lipinski definition) is 3. The van der Waals surface area contributed by atoms with Gasteiger partial charge in [-0.1, -0.05) is 372 Å². The van der Waals surface area contributed by atoms with Crippen LogP contribution in [0.2, 0.25) is 0 Å². The number of aliphatic hydroxyl groups excluding tert-OH is 2. The van der Waals surface area contributed by atoms with Crippen molar-refractivity contribution in [1.82, 2.24) is 5.32 Å². The number of unbranched alkanes of at least 4 members (excludes halogenated alkanes) is 55. The zero-order valence-electron chi connectivity index (χ0n) is 55.0. The molecule has 6 nitrogen and oxygen atoms in total. The molecule has 81 heavy (non-hydrogen) atoms. The zero-order chi connectivity index (χ0) is 58.5. The molecular weight excluding hydrogens is 995 g/mol. The number of hydrogen-bond acceptors (Lipinski definition) is 5. The summed E-state index contributed by atoms with van der Waals surface area (Å²) in [6, 6.07) is -0.551. The molecule has 0 heterocycles. The fourth-order valence-electron chi connectivity index (χ4n) is 11.9. The predicted octanol–water partition coefficient (Wildman–Crippen LogP) is 24.1. The van der Waals surface area contributed by atoms with E-state index in [0.717, 1.165) is 44.9 Å². The Morgan fingerprint density at radius 1 is 0.346 bits per heavy atom. The molecule has 3 N–H and O–H groups in total. The Bertz CT molecular complexity index is 1270. The van der Waals surface area contributed by atoms with E-state index in [4.69, 9.17) is 4.74 Å².